The second-order valence-corrected chi connectivity index (χ2v) is 11.3. The Balaban J connectivity index is 1.43. The van der Waals surface area contributed by atoms with Crippen molar-refractivity contribution in [3.05, 3.63) is 93.0 Å². The highest BCUT2D eigenvalue weighted by molar-refractivity contribution is 9.10. The average molecular weight is 588 g/mol. The molecule has 6 rings (SSSR count). The first-order valence-corrected chi connectivity index (χ1v) is 13.8. The van der Waals surface area contributed by atoms with Crippen molar-refractivity contribution in [1.82, 2.24) is 0 Å². The van der Waals surface area contributed by atoms with Gasteiger partial charge in [-0.25, -0.2) is 0 Å². The molecule has 8 heteroatoms. The van der Waals surface area contributed by atoms with Gasteiger partial charge in [0.05, 0.1) is 24.1 Å². The van der Waals surface area contributed by atoms with E-state index in [1.165, 1.54) is 11.0 Å². The van der Waals surface area contributed by atoms with Gasteiger partial charge in [0.1, 0.15) is 12.4 Å². The van der Waals surface area contributed by atoms with E-state index in [4.69, 9.17) is 9.84 Å². The Hall–Kier alpha value is -3.62. The molecule has 3 aliphatic carbocycles. The highest BCUT2D eigenvalue weighted by Crippen LogP contribution is 2.55. The fourth-order valence-electron chi connectivity index (χ4n) is 6.53. The van der Waals surface area contributed by atoms with Gasteiger partial charge >= 0.3 is 0 Å². The Bertz CT molecular complexity index is 1500. The number of benzene rings is 2. The first kappa shape index (κ1) is 25.6. The minimum absolute atomic E-state index is 0.107. The number of rotatable bonds is 5. The smallest absolute Gasteiger partial charge is 0.238 e. The number of carbonyl (C=O) groups is 4. The van der Waals surface area contributed by atoms with Crippen LogP contribution >= 0.6 is 15.9 Å². The van der Waals surface area contributed by atoms with Gasteiger partial charge in [-0.1, -0.05) is 39.7 Å². The molecule has 1 N–H and O–H groups in total. The Kier molecular flexibility index (Phi) is 6.47. The summed E-state index contributed by atoms with van der Waals surface area (Å²) >= 11 is 3.40. The Morgan fingerprint density at radius 2 is 1.69 bits per heavy atom. The number of ketones is 2. The summed E-state index contributed by atoms with van der Waals surface area (Å²) in [7, 11) is 0. The Morgan fingerprint density at radius 3 is 2.38 bits per heavy atom. The molecule has 0 radical (unpaired) electrons. The molecule has 198 valence electrons. The van der Waals surface area contributed by atoms with Crippen molar-refractivity contribution in [2.75, 3.05) is 18.1 Å². The summed E-state index contributed by atoms with van der Waals surface area (Å²) in [6.45, 7) is 1.70. The maximum Gasteiger partial charge on any atom is 0.238 e. The number of aliphatic hydroxyl groups is 1. The second kappa shape index (κ2) is 9.84. The summed E-state index contributed by atoms with van der Waals surface area (Å²) < 4.78 is 6.35. The first-order chi connectivity index (χ1) is 18.8. The van der Waals surface area contributed by atoms with E-state index < -0.39 is 17.8 Å². The quantitative estimate of drug-likeness (QED) is 0.315. The van der Waals surface area contributed by atoms with Crippen molar-refractivity contribution >= 4 is 45.0 Å². The second-order valence-electron chi connectivity index (χ2n) is 10.4. The van der Waals surface area contributed by atoms with Gasteiger partial charge in [-0.2, -0.15) is 0 Å². The van der Waals surface area contributed by atoms with Gasteiger partial charge in [-0.15, -0.1) is 0 Å². The predicted molar refractivity (Wildman–Crippen MR) is 147 cm³/mol. The van der Waals surface area contributed by atoms with Crippen molar-refractivity contribution in [2.45, 2.75) is 25.7 Å². The van der Waals surface area contributed by atoms with E-state index in [9.17, 15) is 19.2 Å². The molecule has 1 heterocycles. The molecule has 1 saturated heterocycles. The van der Waals surface area contributed by atoms with Crippen molar-refractivity contribution in [2.24, 2.45) is 17.8 Å². The number of Topliss-reactive ketones (excluding diaryl/α,β-unsaturated/α-hetero) is 1. The SMILES string of the molecule is CC1=CC(=O)C2=C(CC3C(=CCC4C(=O)N(c5ccc(Br)cc5)C(=O)C43)C2c2ccc(OCCO)cc2)C1=O. The highest BCUT2D eigenvalue weighted by Gasteiger charge is 2.56. The van der Waals surface area contributed by atoms with E-state index in [-0.39, 0.29) is 48.9 Å². The van der Waals surface area contributed by atoms with Gasteiger partial charge in [-0.3, -0.25) is 24.1 Å². The number of imide groups is 1. The normalized spacial score (nSPS) is 26.2. The topological polar surface area (TPSA) is 101 Å². The van der Waals surface area contributed by atoms with Gasteiger partial charge in [-0.05, 0) is 73.7 Å². The molecule has 2 aromatic rings. The number of carbonyl (C=O) groups excluding carboxylic acids is 4. The zero-order valence-electron chi connectivity index (χ0n) is 21.2. The van der Waals surface area contributed by atoms with Crippen LogP contribution in [0.5, 0.6) is 5.75 Å². The molecule has 0 bridgehead atoms. The van der Waals surface area contributed by atoms with E-state index in [2.05, 4.69) is 15.9 Å². The van der Waals surface area contributed by atoms with Crippen LogP contribution in [0.15, 0.2) is 87.4 Å². The van der Waals surface area contributed by atoms with Crippen molar-refractivity contribution in [3.8, 4) is 5.75 Å². The minimum Gasteiger partial charge on any atom is -0.491 e. The highest BCUT2D eigenvalue weighted by atomic mass is 79.9. The molecule has 4 unspecified atom stereocenters. The van der Waals surface area contributed by atoms with E-state index in [1.807, 2.05) is 18.2 Å². The molecule has 39 heavy (non-hydrogen) atoms. The lowest BCUT2D eigenvalue weighted by Gasteiger charge is -2.42. The third-order valence-corrected chi connectivity index (χ3v) is 8.75. The molecule has 0 spiro atoms. The van der Waals surface area contributed by atoms with Crippen molar-refractivity contribution in [1.29, 1.82) is 0 Å². The molecular formula is C31H26BrNO6. The van der Waals surface area contributed by atoms with Gasteiger partial charge in [0.25, 0.3) is 0 Å². The molecular weight excluding hydrogens is 562 g/mol. The zero-order valence-corrected chi connectivity index (χ0v) is 22.8. The number of nitrogens with zero attached hydrogens (tertiary/aromatic N) is 1. The molecule has 0 aromatic heterocycles. The average Bonchev–Trinajstić information content (AvgIpc) is 3.20. The lowest BCUT2D eigenvalue weighted by molar-refractivity contribution is -0.123. The summed E-state index contributed by atoms with van der Waals surface area (Å²) in [6, 6.07) is 14.3. The number of amides is 2. The molecule has 1 aliphatic heterocycles. The summed E-state index contributed by atoms with van der Waals surface area (Å²) in [4.78, 5) is 55.4. The maximum atomic E-state index is 13.9. The standard InChI is InChI=1S/C31H26BrNO6/c1-16-14-25(35)28-24(29(16)36)15-23-21(26(28)17-2-8-20(9-3-17)39-13-12-34)10-11-22-27(23)31(38)33(30(22)37)19-6-4-18(32)5-7-19/h2-10,14,22-23,26-27,34H,11-13,15H2,1H3. The Morgan fingerprint density at radius 1 is 0.974 bits per heavy atom. The largest absolute Gasteiger partial charge is 0.491 e. The lowest BCUT2D eigenvalue weighted by Crippen LogP contribution is -2.39. The summed E-state index contributed by atoms with van der Waals surface area (Å²) in [5.41, 5.74) is 3.52. The van der Waals surface area contributed by atoms with Crippen LogP contribution in [-0.4, -0.2) is 41.7 Å². The molecule has 7 nitrogen and oxygen atoms in total. The van der Waals surface area contributed by atoms with Gasteiger partial charge < -0.3 is 9.84 Å². The van der Waals surface area contributed by atoms with Crippen LogP contribution in [0.4, 0.5) is 5.69 Å². The fraction of sp³-hybridized carbons (Fsp3) is 0.290. The number of anilines is 1. The summed E-state index contributed by atoms with van der Waals surface area (Å²) in [5, 5.41) is 9.07. The maximum absolute atomic E-state index is 13.9. The van der Waals surface area contributed by atoms with Crippen LogP contribution in [0.3, 0.4) is 0 Å². The molecule has 1 fully saturated rings. The van der Waals surface area contributed by atoms with Crippen LogP contribution < -0.4 is 9.64 Å². The lowest BCUT2D eigenvalue weighted by atomic mass is 9.59. The summed E-state index contributed by atoms with van der Waals surface area (Å²) in [5.74, 6) is -2.30. The number of allylic oxidation sites excluding steroid dienone is 6. The number of ether oxygens (including phenoxy) is 1. The van der Waals surface area contributed by atoms with E-state index in [1.54, 1.807) is 43.3 Å². The van der Waals surface area contributed by atoms with Crippen LogP contribution in [0.2, 0.25) is 0 Å². The van der Waals surface area contributed by atoms with Gasteiger partial charge in [0.15, 0.2) is 11.6 Å². The number of halogens is 1. The van der Waals surface area contributed by atoms with E-state index in [0.29, 0.717) is 34.6 Å². The van der Waals surface area contributed by atoms with Crippen LogP contribution in [-0.2, 0) is 19.2 Å². The zero-order chi connectivity index (χ0) is 27.4. The van der Waals surface area contributed by atoms with Crippen molar-refractivity contribution < 1.29 is 29.0 Å². The molecule has 4 atom stereocenters. The summed E-state index contributed by atoms with van der Waals surface area (Å²) in [6.07, 6.45) is 4.05. The van der Waals surface area contributed by atoms with Crippen LogP contribution in [0.1, 0.15) is 31.2 Å². The van der Waals surface area contributed by atoms with Gasteiger partial charge in [0.2, 0.25) is 11.8 Å². The molecule has 4 aliphatic rings. The predicted octanol–water partition coefficient (Wildman–Crippen LogP) is 4.45. The van der Waals surface area contributed by atoms with Crippen LogP contribution in [0.25, 0.3) is 0 Å². The molecule has 0 saturated carbocycles. The van der Waals surface area contributed by atoms with Crippen LogP contribution in [0, 0.1) is 17.8 Å². The number of aliphatic hydroxyl groups excluding tert-OH is 1. The third-order valence-electron chi connectivity index (χ3n) is 8.22. The first-order valence-electron chi connectivity index (χ1n) is 13.0. The fourth-order valence-corrected chi connectivity index (χ4v) is 6.79. The number of hydrogen-bond acceptors (Lipinski definition) is 6. The number of hydrogen-bond donors (Lipinski definition) is 1. The Labute approximate surface area is 234 Å². The van der Waals surface area contributed by atoms with Crippen molar-refractivity contribution in [3.63, 3.8) is 0 Å². The van der Waals surface area contributed by atoms with Gasteiger partial charge in [0, 0.05) is 27.1 Å². The molecule has 2 aromatic carbocycles. The third kappa shape index (κ3) is 4.13. The van der Waals surface area contributed by atoms with E-state index in [0.717, 1.165) is 15.6 Å². The number of fused-ring (bicyclic) bond motifs is 3. The minimum atomic E-state index is -0.612. The monoisotopic (exact) mass is 587 g/mol. The van der Waals surface area contributed by atoms with E-state index >= 15 is 0 Å². The molecule has 2 amide bonds.